The second-order valence-electron chi connectivity index (χ2n) is 8.38. The Morgan fingerprint density at radius 3 is 2.66 bits per heavy atom. The minimum atomic E-state index is -0.624. The largest absolute Gasteiger partial charge is 0.390 e. The molecule has 3 N–H and O–H groups in total. The third kappa shape index (κ3) is 5.18. The molecule has 0 radical (unpaired) electrons. The van der Waals surface area contributed by atoms with Crippen LogP contribution in [0.4, 0.5) is 16.2 Å². The predicted molar refractivity (Wildman–Crippen MR) is 120 cm³/mol. The quantitative estimate of drug-likeness (QED) is 0.534. The van der Waals surface area contributed by atoms with E-state index in [0.717, 1.165) is 29.5 Å². The maximum Gasteiger partial charge on any atom is 0.224 e. The molecular formula is C24H25FN6O. The number of rotatable bonds is 6. The summed E-state index contributed by atoms with van der Waals surface area (Å²) in [6, 6.07) is 10.5. The molecule has 8 heteroatoms. The molecule has 4 rings (SSSR count). The van der Waals surface area contributed by atoms with Gasteiger partial charge >= 0.3 is 0 Å². The predicted octanol–water partition coefficient (Wildman–Crippen LogP) is 4.27. The summed E-state index contributed by atoms with van der Waals surface area (Å²) in [7, 11) is 0. The first-order valence-corrected chi connectivity index (χ1v) is 10.6. The molecular weight excluding hydrogens is 407 g/mol. The third-order valence-corrected chi connectivity index (χ3v) is 5.81. The fourth-order valence-corrected chi connectivity index (χ4v) is 3.89. The molecule has 164 valence electrons. The maximum absolute atomic E-state index is 13.3. The molecule has 1 saturated carbocycles. The zero-order valence-corrected chi connectivity index (χ0v) is 17.8. The number of aromatic nitrogens is 3. The van der Waals surface area contributed by atoms with Crippen molar-refractivity contribution in [1.82, 2.24) is 15.0 Å². The van der Waals surface area contributed by atoms with Gasteiger partial charge in [0.1, 0.15) is 23.3 Å². The Hall–Kier alpha value is -3.57. The molecule has 3 aromatic rings. The van der Waals surface area contributed by atoms with Crippen LogP contribution in [0.1, 0.15) is 43.7 Å². The van der Waals surface area contributed by atoms with Crippen molar-refractivity contribution in [3.05, 3.63) is 65.9 Å². The van der Waals surface area contributed by atoms with E-state index in [9.17, 15) is 14.8 Å². The Kier molecular flexibility index (Phi) is 6.28. The number of hydrogen-bond donors (Lipinski definition) is 3. The van der Waals surface area contributed by atoms with Crippen molar-refractivity contribution in [2.45, 2.75) is 50.8 Å². The SMILES string of the molecule is CC1(O)CCC(Nc2nc(NCc3cnccc3-c3ccc(F)cc3)ncc2C#N)CC1. The fourth-order valence-electron chi connectivity index (χ4n) is 3.89. The Bertz CT molecular complexity index is 1120. The van der Waals surface area contributed by atoms with E-state index in [0.29, 0.717) is 36.7 Å². The molecule has 1 fully saturated rings. The highest BCUT2D eigenvalue weighted by molar-refractivity contribution is 5.67. The topological polar surface area (TPSA) is 107 Å². The Labute approximate surface area is 186 Å². The Morgan fingerprint density at radius 2 is 1.94 bits per heavy atom. The summed E-state index contributed by atoms with van der Waals surface area (Å²) in [5, 5.41) is 26.2. The van der Waals surface area contributed by atoms with E-state index in [2.05, 4.69) is 31.7 Å². The molecule has 0 bridgehead atoms. The molecule has 0 amide bonds. The minimum Gasteiger partial charge on any atom is -0.390 e. The normalized spacial score (nSPS) is 20.4. The van der Waals surface area contributed by atoms with Crippen LogP contribution in [0.5, 0.6) is 0 Å². The smallest absolute Gasteiger partial charge is 0.224 e. The van der Waals surface area contributed by atoms with Gasteiger partial charge in [-0.3, -0.25) is 4.98 Å². The molecule has 0 atom stereocenters. The standard InChI is InChI=1S/C24H25FN6O/c1-24(32)9-6-20(7-10-24)30-22-17(12-26)14-28-23(31-22)29-15-18-13-27-11-8-21(18)16-2-4-19(25)5-3-16/h2-5,8,11,13-14,20,32H,6-7,9-10,15H2,1H3,(H2,28,29,30,31). The molecule has 1 aliphatic carbocycles. The second-order valence-corrected chi connectivity index (χ2v) is 8.38. The minimum absolute atomic E-state index is 0.147. The van der Waals surface area contributed by atoms with E-state index in [-0.39, 0.29) is 11.9 Å². The van der Waals surface area contributed by atoms with Crippen LogP contribution >= 0.6 is 0 Å². The fraction of sp³-hybridized carbons (Fsp3) is 0.333. The summed E-state index contributed by atoms with van der Waals surface area (Å²) in [6.45, 7) is 2.27. The Balaban J connectivity index is 1.48. The van der Waals surface area contributed by atoms with Crippen LogP contribution in [0.3, 0.4) is 0 Å². The lowest BCUT2D eigenvalue weighted by Gasteiger charge is -2.33. The molecule has 0 spiro atoms. The lowest BCUT2D eigenvalue weighted by molar-refractivity contribution is 0.0196. The molecule has 32 heavy (non-hydrogen) atoms. The van der Waals surface area contributed by atoms with Crippen LogP contribution in [0.15, 0.2) is 48.9 Å². The second kappa shape index (κ2) is 9.28. The van der Waals surface area contributed by atoms with Crippen molar-refractivity contribution in [2.24, 2.45) is 0 Å². The van der Waals surface area contributed by atoms with Gasteiger partial charge in [-0.25, -0.2) is 9.37 Å². The average molecular weight is 433 g/mol. The molecule has 7 nitrogen and oxygen atoms in total. The first-order chi connectivity index (χ1) is 15.4. The highest BCUT2D eigenvalue weighted by Gasteiger charge is 2.29. The van der Waals surface area contributed by atoms with Crippen LogP contribution in [-0.2, 0) is 6.54 Å². The number of nitrogens with one attached hydrogen (secondary N) is 2. The van der Waals surface area contributed by atoms with Crippen molar-refractivity contribution in [1.29, 1.82) is 5.26 Å². The van der Waals surface area contributed by atoms with E-state index < -0.39 is 5.60 Å². The van der Waals surface area contributed by atoms with E-state index in [1.807, 2.05) is 13.0 Å². The van der Waals surface area contributed by atoms with Gasteiger partial charge in [0.15, 0.2) is 0 Å². The summed E-state index contributed by atoms with van der Waals surface area (Å²) in [5.74, 6) is 0.597. The van der Waals surface area contributed by atoms with Gasteiger partial charge in [0.2, 0.25) is 5.95 Å². The number of aliphatic hydroxyl groups is 1. The number of anilines is 2. The van der Waals surface area contributed by atoms with Crippen molar-refractivity contribution in [2.75, 3.05) is 10.6 Å². The summed E-state index contributed by atoms with van der Waals surface area (Å²) < 4.78 is 13.3. The summed E-state index contributed by atoms with van der Waals surface area (Å²) >= 11 is 0. The molecule has 0 unspecified atom stereocenters. The first kappa shape index (κ1) is 21.7. The molecule has 2 aromatic heterocycles. The highest BCUT2D eigenvalue weighted by atomic mass is 19.1. The van der Waals surface area contributed by atoms with E-state index >= 15 is 0 Å². The lowest BCUT2D eigenvalue weighted by atomic mass is 9.83. The van der Waals surface area contributed by atoms with E-state index in [1.165, 1.54) is 18.3 Å². The van der Waals surface area contributed by atoms with Crippen molar-refractivity contribution >= 4 is 11.8 Å². The van der Waals surface area contributed by atoms with Crippen LogP contribution in [0, 0.1) is 17.1 Å². The number of benzene rings is 1. The third-order valence-electron chi connectivity index (χ3n) is 5.81. The van der Waals surface area contributed by atoms with Crippen LogP contribution in [0.25, 0.3) is 11.1 Å². The van der Waals surface area contributed by atoms with Gasteiger partial charge in [-0.2, -0.15) is 10.2 Å². The molecule has 2 heterocycles. The van der Waals surface area contributed by atoms with Crippen LogP contribution < -0.4 is 10.6 Å². The van der Waals surface area contributed by atoms with Gasteiger partial charge in [0.05, 0.1) is 11.8 Å². The van der Waals surface area contributed by atoms with Gasteiger partial charge in [-0.05, 0) is 67.5 Å². The zero-order valence-electron chi connectivity index (χ0n) is 17.8. The van der Waals surface area contributed by atoms with E-state index in [1.54, 1.807) is 24.5 Å². The summed E-state index contributed by atoms with van der Waals surface area (Å²) in [4.78, 5) is 13.0. The van der Waals surface area contributed by atoms with Crippen LogP contribution in [-0.4, -0.2) is 31.7 Å². The van der Waals surface area contributed by atoms with Gasteiger partial charge in [0.25, 0.3) is 0 Å². The number of nitriles is 1. The van der Waals surface area contributed by atoms with Gasteiger partial charge in [0, 0.05) is 25.0 Å². The zero-order chi connectivity index (χ0) is 22.6. The van der Waals surface area contributed by atoms with Crippen molar-refractivity contribution in [3.8, 4) is 17.2 Å². The lowest BCUT2D eigenvalue weighted by Crippen LogP contribution is -2.36. The molecule has 0 saturated heterocycles. The molecule has 0 aliphatic heterocycles. The van der Waals surface area contributed by atoms with Gasteiger partial charge in [-0.1, -0.05) is 12.1 Å². The van der Waals surface area contributed by atoms with Crippen LogP contribution in [0.2, 0.25) is 0 Å². The van der Waals surface area contributed by atoms with Gasteiger partial charge < -0.3 is 15.7 Å². The maximum atomic E-state index is 13.3. The van der Waals surface area contributed by atoms with Gasteiger partial charge in [-0.15, -0.1) is 0 Å². The number of pyridine rings is 1. The van der Waals surface area contributed by atoms with Crippen molar-refractivity contribution < 1.29 is 9.50 Å². The Morgan fingerprint density at radius 1 is 1.19 bits per heavy atom. The van der Waals surface area contributed by atoms with E-state index in [4.69, 9.17) is 0 Å². The molecule has 1 aromatic carbocycles. The molecule has 1 aliphatic rings. The number of halogens is 1. The average Bonchev–Trinajstić information content (AvgIpc) is 2.80. The highest BCUT2D eigenvalue weighted by Crippen LogP contribution is 2.30. The monoisotopic (exact) mass is 432 g/mol. The number of nitrogens with zero attached hydrogens (tertiary/aromatic N) is 4. The number of hydrogen-bond acceptors (Lipinski definition) is 7. The summed E-state index contributed by atoms with van der Waals surface area (Å²) in [6.07, 6.45) is 7.97. The first-order valence-electron chi connectivity index (χ1n) is 10.6. The summed E-state index contributed by atoms with van der Waals surface area (Å²) in [5.41, 5.74) is 2.49. The van der Waals surface area contributed by atoms with Crippen molar-refractivity contribution in [3.63, 3.8) is 0 Å².